The summed E-state index contributed by atoms with van der Waals surface area (Å²) in [5, 5.41) is 20.0. The first kappa shape index (κ1) is 15.6. The van der Waals surface area contributed by atoms with E-state index in [9.17, 15) is 14.9 Å². The molecule has 0 saturated heterocycles. The van der Waals surface area contributed by atoms with Gasteiger partial charge in [-0.15, -0.1) is 0 Å². The van der Waals surface area contributed by atoms with Crippen molar-refractivity contribution in [1.82, 2.24) is 0 Å². The number of anilines is 1. The van der Waals surface area contributed by atoms with Crippen molar-refractivity contribution in [2.75, 3.05) is 18.0 Å². The molecule has 0 aliphatic carbocycles. The largest absolute Gasteiger partial charge is 0.365 e. The number of ketones is 1. The molecule has 0 N–H and O–H groups in total. The molecule has 106 valence electrons. The van der Waals surface area contributed by atoms with Crippen LogP contribution in [0.5, 0.6) is 0 Å². The third-order valence-corrected chi connectivity index (χ3v) is 3.02. The number of carbonyl (C=O) groups is 1. The second kappa shape index (κ2) is 6.66. The Morgan fingerprint density at radius 3 is 2.65 bits per heavy atom. The Kier molecular flexibility index (Phi) is 5.21. The van der Waals surface area contributed by atoms with Gasteiger partial charge in [0.2, 0.25) is 0 Å². The predicted molar refractivity (Wildman–Crippen MR) is 75.8 cm³/mol. The minimum atomic E-state index is -0.499. The topological polar surface area (TPSA) is 87.2 Å². The smallest absolute Gasteiger partial charge is 0.293 e. The average molecular weight is 275 g/mol. The van der Waals surface area contributed by atoms with Crippen LogP contribution in [0.4, 0.5) is 11.4 Å². The van der Waals surface area contributed by atoms with E-state index >= 15 is 0 Å². The molecule has 0 bridgehead atoms. The highest BCUT2D eigenvalue weighted by molar-refractivity contribution is 5.95. The van der Waals surface area contributed by atoms with Crippen LogP contribution in [0, 0.1) is 27.4 Å². The summed E-state index contributed by atoms with van der Waals surface area (Å²) < 4.78 is 0. The molecule has 1 atom stereocenters. The molecule has 0 spiro atoms. The van der Waals surface area contributed by atoms with Crippen LogP contribution >= 0.6 is 0 Å². The van der Waals surface area contributed by atoms with E-state index in [4.69, 9.17) is 5.26 Å². The van der Waals surface area contributed by atoms with Crippen LogP contribution in [0.15, 0.2) is 18.2 Å². The lowest BCUT2D eigenvalue weighted by molar-refractivity contribution is -0.384. The molecule has 6 nitrogen and oxygen atoms in total. The first-order valence-corrected chi connectivity index (χ1v) is 6.34. The summed E-state index contributed by atoms with van der Waals surface area (Å²) >= 11 is 0. The first-order chi connectivity index (χ1) is 9.40. The zero-order valence-corrected chi connectivity index (χ0v) is 11.8. The maximum atomic E-state index is 11.3. The number of nitro groups is 1. The van der Waals surface area contributed by atoms with Gasteiger partial charge in [-0.2, -0.15) is 5.26 Å². The van der Waals surface area contributed by atoms with Crippen molar-refractivity contribution >= 4 is 17.2 Å². The Bertz CT molecular complexity index is 563. The lowest BCUT2D eigenvalue weighted by Gasteiger charge is -2.24. The Labute approximate surface area is 117 Å². The number of carbonyl (C=O) groups excluding carboxylic acids is 1. The number of Topliss-reactive ketones (excluding diaryl/α,β-unsaturated/α-hetero) is 1. The van der Waals surface area contributed by atoms with E-state index in [2.05, 4.69) is 6.07 Å². The summed E-state index contributed by atoms with van der Waals surface area (Å²) in [4.78, 5) is 23.8. The van der Waals surface area contributed by atoms with Crippen molar-refractivity contribution in [1.29, 1.82) is 5.26 Å². The molecule has 1 aromatic rings. The predicted octanol–water partition coefficient (Wildman–Crippen LogP) is 2.78. The van der Waals surface area contributed by atoms with Gasteiger partial charge in [0, 0.05) is 24.7 Å². The number of hydrogen-bond donors (Lipinski definition) is 0. The third-order valence-electron chi connectivity index (χ3n) is 3.02. The Balaban J connectivity index is 3.25. The first-order valence-electron chi connectivity index (χ1n) is 6.34. The van der Waals surface area contributed by atoms with Crippen LogP contribution in [0.1, 0.15) is 31.1 Å². The van der Waals surface area contributed by atoms with Gasteiger partial charge in [-0.1, -0.05) is 0 Å². The fourth-order valence-electron chi connectivity index (χ4n) is 1.93. The van der Waals surface area contributed by atoms with E-state index in [0.29, 0.717) is 24.3 Å². The van der Waals surface area contributed by atoms with Gasteiger partial charge >= 0.3 is 0 Å². The van der Waals surface area contributed by atoms with Gasteiger partial charge in [0.15, 0.2) is 5.78 Å². The summed E-state index contributed by atoms with van der Waals surface area (Å²) in [6.07, 6.45) is 0. The number of hydrogen-bond acceptors (Lipinski definition) is 5. The lowest BCUT2D eigenvalue weighted by Crippen LogP contribution is -2.28. The second-order valence-electron chi connectivity index (χ2n) is 4.59. The van der Waals surface area contributed by atoms with Crippen LogP contribution in [-0.2, 0) is 0 Å². The second-order valence-corrected chi connectivity index (χ2v) is 4.59. The number of nitrogens with zero attached hydrogens (tertiary/aromatic N) is 3. The van der Waals surface area contributed by atoms with Crippen LogP contribution < -0.4 is 4.90 Å². The summed E-state index contributed by atoms with van der Waals surface area (Å²) in [7, 11) is 0. The number of nitriles is 1. The summed E-state index contributed by atoms with van der Waals surface area (Å²) in [5.74, 6) is -0.449. The molecule has 1 unspecified atom stereocenters. The molecule has 0 aliphatic heterocycles. The van der Waals surface area contributed by atoms with E-state index in [1.165, 1.54) is 13.0 Å². The van der Waals surface area contributed by atoms with Gasteiger partial charge in [-0.3, -0.25) is 14.9 Å². The van der Waals surface area contributed by atoms with Crippen molar-refractivity contribution in [3.8, 4) is 6.07 Å². The zero-order valence-electron chi connectivity index (χ0n) is 11.8. The van der Waals surface area contributed by atoms with E-state index in [-0.39, 0.29) is 17.4 Å². The maximum Gasteiger partial charge on any atom is 0.293 e. The Morgan fingerprint density at radius 2 is 2.20 bits per heavy atom. The molecule has 0 heterocycles. The molecular weight excluding hydrogens is 258 g/mol. The molecule has 0 aliphatic rings. The van der Waals surface area contributed by atoms with Crippen molar-refractivity contribution in [3.63, 3.8) is 0 Å². The molecule has 6 heteroatoms. The van der Waals surface area contributed by atoms with Gasteiger partial charge in [-0.05, 0) is 32.9 Å². The molecule has 0 saturated carbocycles. The number of rotatable bonds is 6. The molecule has 0 amide bonds. The standard InChI is InChI=1S/C14H17N3O3/c1-4-16(9-10(2)8-15)13-6-5-12(11(3)18)7-14(13)17(19)20/h5-7,10H,4,9H2,1-3H3. The Morgan fingerprint density at radius 1 is 1.55 bits per heavy atom. The van der Waals surface area contributed by atoms with Gasteiger partial charge in [0.05, 0.1) is 16.9 Å². The van der Waals surface area contributed by atoms with Crippen molar-refractivity contribution in [2.24, 2.45) is 5.92 Å². The van der Waals surface area contributed by atoms with Crippen LogP contribution in [0.2, 0.25) is 0 Å². The molecule has 0 fully saturated rings. The van der Waals surface area contributed by atoms with Crippen molar-refractivity contribution in [2.45, 2.75) is 20.8 Å². The number of benzene rings is 1. The highest BCUT2D eigenvalue weighted by Crippen LogP contribution is 2.30. The molecule has 1 rings (SSSR count). The van der Waals surface area contributed by atoms with E-state index in [1.54, 1.807) is 24.0 Å². The lowest BCUT2D eigenvalue weighted by atomic mass is 10.1. The zero-order chi connectivity index (χ0) is 15.3. The van der Waals surface area contributed by atoms with Crippen molar-refractivity contribution < 1.29 is 9.72 Å². The fraction of sp³-hybridized carbons (Fsp3) is 0.429. The molecule has 20 heavy (non-hydrogen) atoms. The molecular formula is C14H17N3O3. The quantitative estimate of drug-likeness (QED) is 0.452. The molecule has 0 aromatic heterocycles. The van der Waals surface area contributed by atoms with E-state index in [0.717, 1.165) is 0 Å². The highest BCUT2D eigenvalue weighted by Gasteiger charge is 2.21. The molecule has 0 radical (unpaired) electrons. The average Bonchev–Trinajstić information content (AvgIpc) is 2.43. The maximum absolute atomic E-state index is 11.3. The van der Waals surface area contributed by atoms with Gasteiger partial charge in [0.25, 0.3) is 5.69 Å². The summed E-state index contributed by atoms with van der Waals surface area (Å²) in [6, 6.07) is 6.55. The Hall–Kier alpha value is -2.42. The minimum Gasteiger partial charge on any atom is -0.365 e. The van der Waals surface area contributed by atoms with Crippen LogP contribution in [-0.4, -0.2) is 23.8 Å². The van der Waals surface area contributed by atoms with Gasteiger partial charge in [-0.25, -0.2) is 0 Å². The normalized spacial score (nSPS) is 11.5. The minimum absolute atomic E-state index is 0.107. The fourth-order valence-corrected chi connectivity index (χ4v) is 1.93. The third kappa shape index (κ3) is 3.54. The molecule has 1 aromatic carbocycles. The van der Waals surface area contributed by atoms with Crippen LogP contribution in [0.3, 0.4) is 0 Å². The van der Waals surface area contributed by atoms with Gasteiger partial charge < -0.3 is 4.90 Å². The van der Waals surface area contributed by atoms with Crippen molar-refractivity contribution in [3.05, 3.63) is 33.9 Å². The van der Waals surface area contributed by atoms with E-state index < -0.39 is 4.92 Å². The van der Waals surface area contributed by atoms with E-state index in [1.807, 2.05) is 6.92 Å². The van der Waals surface area contributed by atoms with Crippen LogP contribution in [0.25, 0.3) is 0 Å². The summed E-state index contributed by atoms with van der Waals surface area (Å²) in [5.41, 5.74) is 0.638. The summed E-state index contributed by atoms with van der Waals surface area (Å²) in [6.45, 7) is 5.96. The number of nitro benzene ring substituents is 1. The monoisotopic (exact) mass is 275 g/mol. The van der Waals surface area contributed by atoms with Gasteiger partial charge in [0.1, 0.15) is 5.69 Å². The SMILES string of the molecule is CCN(CC(C)C#N)c1ccc(C(C)=O)cc1[N+](=O)[O-]. The highest BCUT2D eigenvalue weighted by atomic mass is 16.6.